The van der Waals surface area contributed by atoms with Gasteiger partial charge in [-0.25, -0.2) is 0 Å². The van der Waals surface area contributed by atoms with Gasteiger partial charge >= 0.3 is 5.97 Å². The van der Waals surface area contributed by atoms with Crippen molar-refractivity contribution in [3.05, 3.63) is 34.9 Å². The molecule has 0 amide bonds. The number of carbonyl (C=O) groups is 1. The van der Waals surface area contributed by atoms with Crippen LogP contribution in [-0.2, 0) is 16.8 Å². The monoisotopic (exact) mass is 249 g/mol. The maximum Gasteiger partial charge on any atom is 0.304 e. The normalized spacial score (nSPS) is 11.6. The van der Waals surface area contributed by atoms with E-state index in [4.69, 9.17) is 5.11 Å². The van der Waals surface area contributed by atoms with Crippen LogP contribution in [-0.4, -0.2) is 17.6 Å². The Morgan fingerprint density at radius 1 is 1.33 bits per heavy atom. The van der Waals surface area contributed by atoms with Gasteiger partial charge in [0.2, 0.25) is 0 Å². The molecule has 18 heavy (non-hydrogen) atoms. The van der Waals surface area contributed by atoms with Gasteiger partial charge in [-0.3, -0.25) is 4.79 Å². The van der Waals surface area contributed by atoms with Crippen molar-refractivity contribution in [2.24, 2.45) is 0 Å². The molecule has 1 aromatic rings. The number of nitrogens with one attached hydrogen (secondary N) is 1. The molecule has 100 valence electrons. The topological polar surface area (TPSA) is 49.3 Å². The van der Waals surface area contributed by atoms with Crippen LogP contribution in [0, 0.1) is 6.92 Å². The van der Waals surface area contributed by atoms with Crippen LogP contribution in [0.2, 0.25) is 0 Å². The lowest BCUT2D eigenvalue weighted by Crippen LogP contribution is -2.18. The minimum absolute atomic E-state index is 0.166. The van der Waals surface area contributed by atoms with Gasteiger partial charge in [-0.15, -0.1) is 0 Å². The quantitative estimate of drug-likeness (QED) is 0.789. The molecule has 0 saturated carbocycles. The third kappa shape index (κ3) is 4.49. The molecule has 0 unspecified atom stereocenters. The Morgan fingerprint density at radius 3 is 2.50 bits per heavy atom. The Kier molecular flexibility index (Phi) is 4.91. The maximum atomic E-state index is 10.4. The van der Waals surface area contributed by atoms with Crippen molar-refractivity contribution in [1.82, 2.24) is 5.32 Å². The third-order valence-corrected chi connectivity index (χ3v) is 3.04. The highest BCUT2D eigenvalue weighted by Crippen LogP contribution is 2.24. The molecule has 0 aliphatic carbocycles. The lowest BCUT2D eigenvalue weighted by Gasteiger charge is -2.20. The number of carboxylic acids is 1. The third-order valence-electron chi connectivity index (χ3n) is 3.04. The molecular formula is C15H23NO2. The summed E-state index contributed by atoms with van der Waals surface area (Å²) in [5, 5.41) is 11.7. The second kappa shape index (κ2) is 6.01. The summed E-state index contributed by atoms with van der Waals surface area (Å²) in [6, 6.07) is 6.50. The number of hydrogen-bond donors (Lipinski definition) is 2. The molecular weight excluding hydrogens is 226 g/mol. The van der Waals surface area contributed by atoms with E-state index in [0.717, 1.165) is 6.54 Å². The Hall–Kier alpha value is -1.35. The second-order valence-electron chi connectivity index (χ2n) is 5.71. The highest BCUT2D eigenvalue weighted by molar-refractivity contribution is 5.66. The molecule has 1 rings (SSSR count). The first-order chi connectivity index (χ1) is 8.30. The molecule has 0 saturated heterocycles. The summed E-state index contributed by atoms with van der Waals surface area (Å²) in [6.45, 7) is 9.94. The van der Waals surface area contributed by atoms with Crippen LogP contribution in [0.15, 0.2) is 18.2 Å². The molecule has 1 aromatic carbocycles. The average Bonchev–Trinajstić information content (AvgIpc) is 2.24. The van der Waals surface area contributed by atoms with Crippen LogP contribution in [0.25, 0.3) is 0 Å². The fraction of sp³-hybridized carbons (Fsp3) is 0.533. The van der Waals surface area contributed by atoms with Gasteiger partial charge in [-0.2, -0.15) is 0 Å². The average molecular weight is 249 g/mol. The fourth-order valence-corrected chi connectivity index (χ4v) is 1.78. The van der Waals surface area contributed by atoms with E-state index >= 15 is 0 Å². The van der Waals surface area contributed by atoms with Crippen LogP contribution in [0.5, 0.6) is 0 Å². The highest BCUT2D eigenvalue weighted by Gasteiger charge is 2.14. The number of hydrogen-bond acceptors (Lipinski definition) is 2. The SMILES string of the molecule is Cc1cc(C(C)(C)C)ccc1CNCCC(=O)O. The van der Waals surface area contributed by atoms with Crippen molar-refractivity contribution in [3.8, 4) is 0 Å². The number of benzene rings is 1. The number of aliphatic carboxylic acids is 1. The summed E-state index contributed by atoms with van der Waals surface area (Å²) in [6.07, 6.45) is 0.166. The van der Waals surface area contributed by atoms with E-state index in [-0.39, 0.29) is 11.8 Å². The molecule has 3 nitrogen and oxygen atoms in total. The number of rotatable bonds is 5. The summed E-state index contributed by atoms with van der Waals surface area (Å²) in [4.78, 5) is 10.4. The Balaban J connectivity index is 2.60. The number of aryl methyl sites for hydroxylation is 1. The number of carboxylic acid groups (broad SMARTS) is 1. The second-order valence-corrected chi connectivity index (χ2v) is 5.71. The molecule has 0 fully saturated rings. The zero-order chi connectivity index (χ0) is 13.8. The summed E-state index contributed by atoms with van der Waals surface area (Å²) >= 11 is 0. The largest absolute Gasteiger partial charge is 0.481 e. The van der Waals surface area contributed by atoms with Gasteiger partial charge in [0.25, 0.3) is 0 Å². The van der Waals surface area contributed by atoms with Crippen molar-refractivity contribution >= 4 is 5.97 Å². The highest BCUT2D eigenvalue weighted by atomic mass is 16.4. The van der Waals surface area contributed by atoms with Crippen LogP contribution in [0.4, 0.5) is 0 Å². The zero-order valence-corrected chi connectivity index (χ0v) is 11.7. The Morgan fingerprint density at radius 2 is 2.00 bits per heavy atom. The van der Waals surface area contributed by atoms with Gasteiger partial charge in [-0.05, 0) is 29.0 Å². The van der Waals surface area contributed by atoms with E-state index in [0.29, 0.717) is 6.54 Å². The van der Waals surface area contributed by atoms with E-state index in [9.17, 15) is 4.79 Å². The summed E-state index contributed by atoms with van der Waals surface area (Å²) in [5.74, 6) is -0.762. The summed E-state index contributed by atoms with van der Waals surface area (Å²) < 4.78 is 0. The molecule has 0 radical (unpaired) electrons. The van der Waals surface area contributed by atoms with Crippen LogP contribution < -0.4 is 5.32 Å². The first-order valence-corrected chi connectivity index (χ1v) is 6.33. The minimum Gasteiger partial charge on any atom is -0.481 e. The fourth-order valence-electron chi connectivity index (χ4n) is 1.78. The van der Waals surface area contributed by atoms with Crippen molar-refractivity contribution in [2.45, 2.75) is 46.1 Å². The van der Waals surface area contributed by atoms with Crippen LogP contribution in [0.1, 0.15) is 43.9 Å². The smallest absolute Gasteiger partial charge is 0.304 e. The van der Waals surface area contributed by atoms with Crippen molar-refractivity contribution in [3.63, 3.8) is 0 Å². The van der Waals surface area contributed by atoms with Crippen molar-refractivity contribution < 1.29 is 9.90 Å². The van der Waals surface area contributed by atoms with E-state index < -0.39 is 5.97 Å². The van der Waals surface area contributed by atoms with Gasteiger partial charge in [0, 0.05) is 13.1 Å². The van der Waals surface area contributed by atoms with Gasteiger partial charge in [0.15, 0.2) is 0 Å². The first-order valence-electron chi connectivity index (χ1n) is 6.33. The molecule has 0 aliphatic rings. The standard InChI is InChI=1S/C15H23NO2/c1-11-9-13(15(2,3)4)6-5-12(11)10-16-8-7-14(17)18/h5-6,9,16H,7-8,10H2,1-4H3,(H,17,18). The molecule has 0 aromatic heterocycles. The molecule has 0 heterocycles. The van der Waals surface area contributed by atoms with Gasteiger partial charge < -0.3 is 10.4 Å². The zero-order valence-electron chi connectivity index (χ0n) is 11.7. The van der Waals surface area contributed by atoms with Crippen LogP contribution in [0.3, 0.4) is 0 Å². The lowest BCUT2D eigenvalue weighted by molar-refractivity contribution is -0.136. The molecule has 3 heteroatoms. The Labute approximate surface area is 109 Å². The molecule has 2 N–H and O–H groups in total. The van der Waals surface area contributed by atoms with E-state index in [1.165, 1.54) is 16.7 Å². The van der Waals surface area contributed by atoms with E-state index in [2.05, 4.69) is 51.2 Å². The van der Waals surface area contributed by atoms with E-state index in [1.54, 1.807) is 0 Å². The molecule has 0 spiro atoms. The molecule has 0 atom stereocenters. The lowest BCUT2D eigenvalue weighted by atomic mass is 9.85. The Bertz CT molecular complexity index is 419. The predicted molar refractivity (Wildman–Crippen MR) is 73.8 cm³/mol. The van der Waals surface area contributed by atoms with Crippen molar-refractivity contribution in [1.29, 1.82) is 0 Å². The molecule has 0 bridgehead atoms. The van der Waals surface area contributed by atoms with Gasteiger partial charge in [0.1, 0.15) is 0 Å². The van der Waals surface area contributed by atoms with E-state index in [1.807, 2.05) is 0 Å². The van der Waals surface area contributed by atoms with Gasteiger partial charge in [-0.1, -0.05) is 39.0 Å². The molecule has 0 aliphatic heterocycles. The maximum absolute atomic E-state index is 10.4. The first kappa shape index (κ1) is 14.7. The minimum atomic E-state index is -0.762. The van der Waals surface area contributed by atoms with Gasteiger partial charge in [0.05, 0.1) is 6.42 Å². The van der Waals surface area contributed by atoms with Crippen LogP contribution >= 0.6 is 0 Å². The summed E-state index contributed by atoms with van der Waals surface area (Å²) in [7, 11) is 0. The van der Waals surface area contributed by atoms with Crippen molar-refractivity contribution in [2.75, 3.05) is 6.54 Å². The predicted octanol–water partition coefficient (Wildman–Crippen LogP) is 2.86. The summed E-state index contributed by atoms with van der Waals surface area (Å²) in [5.41, 5.74) is 3.98.